The molecule has 0 saturated carbocycles. The third-order valence-electron chi connectivity index (χ3n) is 7.16. The summed E-state index contributed by atoms with van der Waals surface area (Å²) < 4.78 is 12.8. The molecule has 2 aliphatic heterocycles. The molecule has 2 N–H and O–H groups in total. The van der Waals surface area contributed by atoms with Gasteiger partial charge in [0.15, 0.2) is 0 Å². The number of piperidine rings is 1. The van der Waals surface area contributed by atoms with Gasteiger partial charge < -0.3 is 29.6 Å². The van der Waals surface area contributed by atoms with Crippen molar-refractivity contribution in [2.75, 3.05) is 32.1 Å². The molecule has 1 atom stereocenters. The molecule has 2 amide bonds. The maximum Gasteiger partial charge on any atom is 0.317 e. The van der Waals surface area contributed by atoms with E-state index in [1.54, 1.807) is 14.0 Å². The van der Waals surface area contributed by atoms with Gasteiger partial charge in [-0.2, -0.15) is 0 Å². The summed E-state index contributed by atoms with van der Waals surface area (Å²) in [4.78, 5) is 27.3. The summed E-state index contributed by atoms with van der Waals surface area (Å²) in [6, 6.07) is 19.2. The highest BCUT2D eigenvalue weighted by molar-refractivity contribution is 5.77. The van der Waals surface area contributed by atoms with Crippen LogP contribution in [0.25, 0.3) is 5.69 Å². The number of amides is 2. The molecule has 36 heavy (non-hydrogen) atoms. The van der Waals surface area contributed by atoms with Crippen molar-refractivity contribution in [2.45, 2.75) is 37.8 Å². The number of likely N-dealkylation sites (tertiary alicyclic amines) is 1. The van der Waals surface area contributed by atoms with E-state index in [-0.39, 0.29) is 24.0 Å². The lowest BCUT2D eigenvalue weighted by molar-refractivity contribution is -0.143. The Labute approximate surface area is 211 Å². The summed E-state index contributed by atoms with van der Waals surface area (Å²) in [5, 5.41) is 6.85. The lowest BCUT2D eigenvalue weighted by atomic mass is 9.82. The summed E-state index contributed by atoms with van der Waals surface area (Å²) >= 11 is 0. The molecular weight excluding hydrogens is 456 g/mol. The maximum absolute atomic E-state index is 13.3. The van der Waals surface area contributed by atoms with Gasteiger partial charge in [-0.3, -0.25) is 4.79 Å². The number of carbonyl (C=O) groups excluding carboxylic acids is 2. The first-order valence-corrected chi connectivity index (χ1v) is 12.4. The monoisotopic (exact) mass is 488 g/mol. The molecule has 3 heterocycles. The fourth-order valence-electron chi connectivity index (χ4n) is 5.29. The maximum atomic E-state index is 13.3. The normalized spacial score (nSPS) is 16.3. The van der Waals surface area contributed by atoms with Crippen LogP contribution in [0.3, 0.4) is 0 Å². The Morgan fingerprint density at radius 3 is 2.58 bits per heavy atom. The van der Waals surface area contributed by atoms with E-state index >= 15 is 0 Å². The lowest BCUT2D eigenvalue weighted by Gasteiger charge is -2.46. The van der Waals surface area contributed by atoms with Crippen LogP contribution in [0.2, 0.25) is 0 Å². The minimum atomic E-state index is -0.446. The summed E-state index contributed by atoms with van der Waals surface area (Å²) in [6.07, 6.45) is 3.70. The van der Waals surface area contributed by atoms with Crippen LogP contribution in [0.1, 0.15) is 43.5 Å². The topological polar surface area (TPSA) is 84.8 Å². The van der Waals surface area contributed by atoms with Crippen LogP contribution < -0.4 is 15.4 Å². The number of nitrogens with one attached hydrogen (secondary N) is 2. The fourth-order valence-corrected chi connectivity index (χ4v) is 5.29. The first-order chi connectivity index (χ1) is 17.5. The van der Waals surface area contributed by atoms with E-state index in [0.29, 0.717) is 19.7 Å². The minimum absolute atomic E-state index is 0.0923. The van der Waals surface area contributed by atoms with Gasteiger partial charge in [-0.15, -0.1) is 0 Å². The SMILES string of the molecule is CCOC(=O)CC(NC(=O)N1CCC2(CC1)Nc1cc(OC)ccc1-n1cccc12)c1ccccc1. The first kappa shape index (κ1) is 23.8. The van der Waals surface area contributed by atoms with Crippen LogP contribution in [0.15, 0.2) is 66.9 Å². The molecule has 1 aromatic heterocycles. The Kier molecular flexibility index (Phi) is 6.59. The zero-order valence-corrected chi connectivity index (χ0v) is 20.7. The molecule has 0 radical (unpaired) electrons. The molecule has 3 aromatic rings. The molecule has 2 aromatic carbocycles. The quantitative estimate of drug-likeness (QED) is 0.495. The van der Waals surface area contributed by atoms with Gasteiger partial charge in [-0.1, -0.05) is 30.3 Å². The van der Waals surface area contributed by atoms with Gasteiger partial charge in [0.2, 0.25) is 0 Å². The Bertz CT molecular complexity index is 1230. The summed E-state index contributed by atoms with van der Waals surface area (Å²) in [6.45, 7) is 3.27. The van der Waals surface area contributed by atoms with E-state index in [1.807, 2.05) is 47.4 Å². The molecule has 2 aliphatic rings. The number of anilines is 1. The van der Waals surface area contributed by atoms with E-state index in [1.165, 1.54) is 5.69 Å². The number of rotatable bonds is 6. The highest BCUT2D eigenvalue weighted by Crippen LogP contribution is 2.44. The van der Waals surface area contributed by atoms with Crippen molar-refractivity contribution >= 4 is 17.7 Å². The third kappa shape index (κ3) is 4.51. The van der Waals surface area contributed by atoms with Gasteiger partial charge >= 0.3 is 12.0 Å². The molecule has 5 rings (SSSR count). The van der Waals surface area contributed by atoms with E-state index < -0.39 is 6.04 Å². The van der Waals surface area contributed by atoms with Gasteiger partial charge in [-0.05, 0) is 49.6 Å². The predicted octanol–water partition coefficient (Wildman–Crippen LogP) is 4.61. The Morgan fingerprint density at radius 1 is 1.08 bits per heavy atom. The zero-order valence-electron chi connectivity index (χ0n) is 20.7. The molecular formula is C28H32N4O4. The van der Waals surface area contributed by atoms with Crippen molar-refractivity contribution in [1.82, 2.24) is 14.8 Å². The number of ether oxygens (including phenoxy) is 2. The molecule has 1 unspecified atom stereocenters. The second kappa shape index (κ2) is 9.97. The lowest BCUT2D eigenvalue weighted by Crippen LogP contribution is -2.53. The molecule has 1 fully saturated rings. The summed E-state index contributed by atoms with van der Waals surface area (Å²) in [5.41, 5.74) is 3.92. The predicted molar refractivity (Wildman–Crippen MR) is 137 cm³/mol. The molecule has 188 valence electrons. The molecule has 8 heteroatoms. The van der Waals surface area contributed by atoms with Crippen LogP contribution in [-0.2, 0) is 15.1 Å². The van der Waals surface area contributed by atoms with Crippen molar-refractivity contribution in [2.24, 2.45) is 0 Å². The number of benzene rings is 2. The van der Waals surface area contributed by atoms with Gasteiger partial charge in [-0.25, -0.2) is 4.79 Å². The second-order valence-electron chi connectivity index (χ2n) is 9.26. The third-order valence-corrected chi connectivity index (χ3v) is 7.16. The van der Waals surface area contributed by atoms with Crippen LogP contribution in [0.5, 0.6) is 5.75 Å². The van der Waals surface area contributed by atoms with Crippen LogP contribution in [0.4, 0.5) is 10.5 Å². The van der Waals surface area contributed by atoms with Gasteiger partial charge in [0.05, 0.1) is 43.1 Å². The van der Waals surface area contributed by atoms with Crippen LogP contribution >= 0.6 is 0 Å². The Hall–Kier alpha value is -3.94. The van der Waals surface area contributed by atoms with E-state index in [0.717, 1.165) is 35.5 Å². The summed E-state index contributed by atoms with van der Waals surface area (Å²) in [7, 11) is 1.67. The van der Waals surface area contributed by atoms with E-state index in [2.05, 4.69) is 39.6 Å². The summed E-state index contributed by atoms with van der Waals surface area (Å²) in [5.74, 6) is 0.475. The van der Waals surface area contributed by atoms with Gasteiger partial charge in [0, 0.05) is 31.0 Å². The highest BCUT2D eigenvalue weighted by Gasteiger charge is 2.42. The van der Waals surface area contributed by atoms with Crippen molar-refractivity contribution in [1.29, 1.82) is 0 Å². The van der Waals surface area contributed by atoms with Gasteiger partial charge in [0.25, 0.3) is 0 Å². The van der Waals surface area contributed by atoms with Crippen LogP contribution in [0, 0.1) is 0 Å². The zero-order chi connectivity index (χ0) is 25.1. The smallest absolute Gasteiger partial charge is 0.317 e. The van der Waals surface area contributed by atoms with E-state index in [4.69, 9.17) is 9.47 Å². The first-order valence-electron chi connectivity index (χ1n) is 12.4. The molecule has 8 nitrogen and oxygen atoms in total. The molecule has 1 spiro atoms. The average Bonchev–Trinajstić information content (AvgIpc) is 3.40. The number of aromatic nitrogens is 1. The van der Waals surface area contributed by atoms with Crippen LogP contribution in [-0.4, -0.2) is 48.3 Å². The standard InChI is InChI=1S/C28H32N4O4/c1-3-36-26(33)19-22(20-8-5-4-6-9-20)29-27(34)31-16-13-28(14-17-31)25-10-7-15-32(25)24-12-11-21(35-2)18-23(24)30-28/h4-12,15,18,22,30H,3,13-14,16-17,19H2,1-2H3,(H,29,34). The number of hydrogen-bond donors (Lipinski definition) is 2. The number of nitrogens with zero attached hydrogens (tertiary/aromatic N) is 2. The highest BCUT2D eigenvalue weighted by atomic mass is 16.5. The van der Waals surface area contributed by atoms with E-state index in [9.17, 15) is 9.59 Å². The number of esters is 1. The number of fused-ring (bicyclic) bond motifs is 4. The minimum Gasteiger partial charge on any atom is -0.497 e. The van der Waals surface area contributed by atoms with Crippen molar-refractivity contribution < 1.29 is 19.1 Å². The molecule has 0 aliphatic carbocycles. The number of methoxy groups -OCH3 is 1. The number of carbonyl (C=O) groups is 2. The Balaban J connectivity index is 1.30. The Morgan fingerprint density at radius 2 is 1.86 bits per heavy atom. The van der Waals surface area contributed by atoms with Crippen molar-refractivity contribution in [3.63, 3.8) is 0 Å². The molecule has 0 bridgehead atoms. The number of hydrogen-bond acceptors (Lipinski definition) is 5. The molecule has 1 saturated heterocycles. The fraction of sp³-hybridized carbons (Fsp3) is 0.357. The van der Waals surface area contributed by atoms with Crippen molar-refractivity contribution in [3.8, 4) is 11.4 Å². The largest absolute Gasteiger partial charge is 0.497 e. The second-order valence-corrected chi connectivity index (χ2v) is 9.26. The number of urea groups is 1. The average molecular weight is 489 g/mol. The van der Waals surface area contributed by atoms with Gasteiger partial charge in [0.1, 0.15) is 5.75 Å². The van der Waals surface area contributed by atoms with Crippen molar-refractivity contribution in [3.05, 3.63) is 78.1 Å².